The summed E-state index contributed by atoms with van der Waals surface area (Å²) in [5.74, 6) is 1.50. The van der Waals surface area contributed by atoms with Gasteiger partial charge in [0.05, 0.1) is 17.9 Å². The fourth-order valence-electron chi connectivity index (χ4n) is 6.86. The van der Waals surface area contributed by atoms with Crippen molar-refractivity contribution < 1.29 is 22.3 Å². The molecule has 0 atom stereocenters. The second kappa shape index (κ2) is 8.30. The van der Waals surface area contributed by atoms with E-state index in [-0.39, 0.29) is 22.6 Å². The van der Waals surface area contributed by atoms with E-state index in [9.17, 15) is 17.6 Å². The third-order valence-electron chi connectivity index (χ3n) is 8.08. The monoisotopic (exact) mass is 463 g/mol. The van der Waals surface area contributed by atoms with Crippen molar-refractivity contribution in [2.24, 2.45) is 23.2 Å². The van der Waals surface area contributed by atoms with Crippen LogP contribution in [0, 0.1) is 29.0 Å². The van der Waals surface area contributed by atoms with E-state index in [4.69, 9.17) is 4.74 Å². The summed E-state index contributed by atoms with van der Waals surface area (Å²) in [6.45, 7) is 2.49. The minimum Gasteiger partial charge on any atom is -0.493 e. The van der Waals surface area contributed by atoms with Crippen LogP contribution in [0.1, 0.15) is 93.0 Å². The summed E-state index contributed by atoms with van der Waals surface area (Å²) >= 11 is 0. The Kier molecular flexibility index (Phi) is 5.75. The van der Waals surface area contributed by atoms with Gasteiger partial charge in [-0.15, -0.1) is 0 Å². The van der Waals surface area contributed by atoms with Crippen molar-refractivity contribution in [3.63, 3.8) is 0 Å². The third kappa shape index (κ3) is 4.55. The third-order valence-corrected chi connectivity index (χ3v) is 9.40. The molecule has 0 aromatic heterocycles. The largest absolute Gasteiger partial charge is 0.493 e. The Hall–Kier alpha value is -1.63. The molecule has 6 rings (SSSR count). The van der Waals surface area contributed by atoms with Crippen LogP contribution in [-0.2, 0) is 10.0 Å². The lowest BCUT2D eigenvalue weighted by Gasteiger charge is -2.56. The summed E-state index contributed by atoms with van der Waals surface area (Å²) in [5.41, 5.74) is 0.844. The van der Waals surface area contributed by atoms with Gasteiger partial charge in [-0.05, 0) is 93.1 Å². The molecule has 0 unspecified atom stereocenters. The molecule has 5 aliphatic rings. The zero-order valence-corrected chi connectivity index (χ0v) is 19.7. The number of halogens is 1. The minimum atomic E-state index is -3.77. The van der Waals surface area contributed by atoms with Crippen molar-refractivity contribution in [1.29, 1.82) is 0 Å². The molecule has 1 amide bonds. The molecule has 0 heterocycles. The number of sulfonamides is 1. The highest BCUT2D eigenvalue weighted by molar-refractivity contribution is 7.90. The highest BCUT2D eigenvalue weighted by atomic mass is 32.2. The summed E-state index contributed by atoms with van der Waals surface area (Å²) in [6, 6.07) is 2.83. The Morgan fingerprint density at radius 2 is 1.75 bits per heavy atom. The summed E-state index contributed by atoms with van der Waals surface area (Å²) in [4.78, 5) is 12.6. The van der Waals surface area contributed by atoms with Crippen molar-refractivity contribution in [1.82, 2.24) is 4.72 Å². The van der Waals surface area contributed by atoms with Crippen molar-refractivity contribution in [2.75, 3.05) is 12.4 Å². The maximum Gasteiger partial charge on any atom is 0.267 e. The molecule has 0 radical (unpaired) electrons. The maximum atomic E-state index is 14.9. The molecule has 32 heavy (non-hydrogen) atoms. The lowest BCUT2D eigenvalue weighted by atomic mass is 9.50. The molecule has 176 valence electrons. The second-order valence-electron chi connectivity index (χ2n) is 11.0. The van der Waals surface area contributed by atoms with E-state index < -0.39 is 21.7 Å². The number of nitrogens with one attached hydrogen (secondary N) is 1. The lowest BCUT2D eigenvalue weighted by molar-refractivity contribution is -0.0747. The van der Waals surface area contributed by atoms with Gasteiger partial charge in [0.1, 0.15) is 11.6 Å². The first-order valence-electron chi connectivity index (χ1n) is 12.3. The molecule has 5 nitrogen and oxygen atoms in total. The molecule has 5 fully saturated rings. The fourth-order valence-corrected chi connectivity index (χ4v) is 8.03. The number of carbonyl (C=O) groups excluding carboxylic acids is 1. The first-order valence-corrected chi connectivity index (χ1v) is 13.9. The Balaban J connectivity index is 1.33. The zero-order valence-electron chi connectivity index (χ0n) is 18.9. The molecule has 1 aromatic carbocycles. The number of carbonyl (C=O) groups is 1. The lowest BCUT2D eigenvalue weighted by Crippen LogP contribution is -2.48. The van der Waals surface area contributed by atoms with Crippen molar-refractivity contribution in [3.05, 3.63) is 29.1 Å². The Morgan fingerprint density at radius 1 is 1.12 bits per heavy atom. The van der Waals surface area contributed by atoms with Crippen LogP contribution >= 0.6 is 0 Å². The molecule has 7 heteroatoms. The number of unbranched alkanes of at least 4 members (excludes halogenated alkanes) is 1. The number of rotatable bonds is 9. The number of benzene rings is 1. The standard InChI is InChI=1S/C25H34FNO4S/c1-2-3-6-32(29,30)27-24(28)21-10-20(19-4-5-19)23(11-22(21)26)31-15-25-12-16-7-17(13-25)9-18(8-16)14-25/h10-11,16-19H,2-9,12-15H2,1H3,(H,27,28). The van der Waals surface area contributed by atoms with E-state index in [0.717, 1.165) is 36.2 Å². The fraction of sp³-hybridized carbons (Fsp3) is 0.720. The normalized spacial score (nSPS) is 31.0. The van der Waals surface area contributed by atoms with Crippen LogP contribution < -0.4 is 9.46 Å². The second-order valence-corrected chi connectivity index (χ2v) is 12.8. The topological polar surface area (TPSA) is 72.5 Å². The maximum absolute atomic E-state index is 14.9. The molecule has 0 spiro atoms. The summed E-state index contributed by atoms with van der Waals surface area (Å²) < 4.78 is 47.5. The quantitative estimate of drug-likeness (QED) is 0.549. The van der Waals surface area contributed by atoms with Crippen LogP contribution in [0.25, 0.3) is 0 Å². The average Bonchev–Trinajstić information content (AvgIpc) is 3.54. The van der Waals surface area contributed by atoms with Gasteiger partial charge in [0.2, 0.25) is 10.0 Å². The highest BCUT2D eigenvalue weighted by Crippen LogP contribution is 2.60. The van der Waals surface area contributed by atoms with E-state index in [1.807, 2.05) is 11.6 Å². The van der Waals surface area contributed by atoms with E-state index in [2.05, 4.69) is 0 Å². The van der Waals surface area contributed by atoms with Gasteiger partial charge in [0, 0.05) is 11.5 Å². The van der Waals surface area contributed by atoms with Crippen molar-refractivity contribution in [2.45, 2.75) is 77.0 Å². The van der Waals surface area contributed by atoms with Gasteiger partial charge in [0.15, 0.2) is 0 Å². The van der Waals surface area contributed by atoms with E-state index in [1.54, 1.807) is 0 Å². The number of hydrogen-bond donors (Lipinski definition) is 1. The minimum absolute atomic E-state index is 0.140. The van der Waals surface area contributed by atoms with Gasteiger partial charge < -0.3 is 4.74 Å². The molecule has 5 aliphatic carbocycles. The molecular formula is C25H34FNO4S. The van der Waals surface area contributed by atoms with Gasteiger partial charge in [-0.25, -0.2) is 17.5 Å². The molecule has 0 aliphatic heterocycles. The molecular weight excluding hydrogens is 429 g/mol. The van der Waals surface area contributed by atoms with Crippen LogP contribution in [0.5, 0.6) is 5.75 Å². The van der Waals surface area contributed by atoms with Crippen molar-refractivity contribution in [3.8, 4) is 5.75 Å². The molecule has 0 saturated heterocycles. The Morgan fingerprint density at radius 3 is 2.31 bits per heavy atom. The van der Waals surface area contributed by atoms with E-state index >= 15 is 0 Å². The average molecular weight is 464 g/mol. The number of amides is 1. The molecule has 4 bridgehead atoms. The number of hydrogen-bond acceptors (Lipinski definition) is 4. The van der Waals surface area contributed by atoms with Gasteiger partial charge in [-0.2, -0.15) is 0 Å². The van der Waals surface area contributed by atoms with Gasteiger partial charge in [-0.1, -0.05) is 13.3 Å². The first-order chi connectivity index (χ1) is 15.3. The molecule has 1 aromatic rings. The molecule has 5 saturated carbocycles. The van der Waals surface area contributed by atoms with Gasteiger partial charge in [0.25, 0.3) is 5.91 Å². The number of ether oxygens (including phenoxy) is 1. The summed E-state index contributed by atoms with van der Waals surface area (Å²) in [5, 5.41) is 0. The van der Waals surface area contributed by atoms with Gasteiger partial charge >= 0.3 is 0 Å². The van der Waals surface area contributed by atoms with Gasteiger partial charge in [-0.3, -0.25) is 4.79 Å². The predicted molar refractivity (Wildman–Crippen MR) is 121 cm³/mol. The van der Waals surface area contributed by atoms with Crippen LogP contribution in [0.4, 0.5) is 4.39 Å². The first kappa shape index (κ1) is 22.2. The zero-order chi connectivity index (χ0) is 22.5. The Labute approximate surface area is 190 Å². The smallest absolute Gasteiger partial charge is 0.267 e. The summed E-state index contributed by atoms with van der Waals surface area (Å²) in [6.07, 6.45) is 10.9. The molecule has 1 N–H and O–H groups in total. The summed E-state index contributed by atoms with van der Waals surface area (Å²) in [7, 11) is -3.77. The van der Waals surface area contributed by atoms with Crippen LogP contribution in [0.3, 0.4) is 0 Å². The van der Waals surface area contributed by atoms with E-state index in [1.165, 1.54) is 50.7 Å². The van der Waals surface area contributed by atoms with Crippen molar-refractivity contribution >= 4 is 15.9 Å². The highest BCUT2D eigenvalue weighted by Gasteiger charge is 2.51. The van der Waals surface area contributed by atoms with Crippen LogP contribution in [-0.4, -0.2) is 26.7 Å². The predicted octanol–water partition coefficient (Wildman–Crippen LogP) is 5.16. The van der Waals surface area contributed by atoms with E-state index in [0.29, 0.717) is 25.2 Å². The van der Waals surface area contributed by atoms with Crippen LogP contribution in [0.15, 0.2) is 12.1 Å². The Bertz CT molecular complexity index is 966. The van der Waals surface area contributed by atoms with Crippen LogP contribution in [0.2, 0.25) is 0 Å². The SMILES string of the molecule is CCCCS(=O)(=O)NC(=O)c1cc(C2CC2)c(OCC23CC4CC(CC(C4)C2)C3)cc1F.